The smallest absolute Gasteiger partial charge is 0.141 e. The van der Waals surface area contributed by atoms with Crippen molar-refractivity contribution in [3.8, 4) is 67.5 Å². The van der Waals surface area contributed by atoms with Crippen LogP contribution in [0.15, 0.2) is 170 Å². The van der Waals surface area contributed by atoms with Crippen LogP contribution in [-0.2, 0) is 11.2 Å². The second-order valence-electron chi connectivity index (χ2n) is 15.3. The maximum atomic E-state index is 13.6. The van der Waals surface area contributed by atoms with Gasteiger partial charge in [-0.2, -0.15) is 0 Å². The number of ether oxygens (including phenoxy) is 2. The van der Waals surface area contributed by atoms with Gasteiger partial charge in [0.05, 0.1) is 35.7 Å². The molecule has 5 nitrogen and oxygen atoms in total. The molecule has 0 aliphatic heterocycles. The number of hydrogen-bond acceptors (Lipinski definition) is 5. The van der Waals surface area contributed by atoms with E-state index >= 15 is 0 Å². The van der Waals surface area contributed by atoms with Crippen molar-refractivity contribution in [2.75, 3.05) is 0 Å². The predicted molar refractivity (Wildman–Crippen MR) is 227 cm³/mol. The number of aromatic nitrogens is 3. The fourth-order valence-corrected chi connectivity index (χ4v) is 7.08. The maximum absolute atomic E-state index is 13.6. The third kappa shape index (κ3) is 8.77. The van der Waals surface area contributed by atoms with E-state index in [-0.39, 0.29) is 17.5 Å². The molecular weight excluding hydrogens is 744 g/mol. The van der Waals surface area contributed by atoms with Crippen molar-refractivity contribution in [2.24, 2.45) is 0 Å². The summed E-state index contributed by atoms with van der Waals surface area (Å²) in [4.78, 5) is 12.7. The molecule has 3 heterocycles. The molecule has 0 aliphatic carbocycles. The van der Waals surface area contributed by atoms with Crippen LogP contribution in [0.25, 0.3) is 56.0 Å². The minimum atomic E-state index is -0.770. The van der Waals surface area contributed by atoms with Gasteiger partial charge in [0.2, 0.25) is 0 Å². The molecule has 8 aromatic rings. The van der Waals surface area contributed by atoms with Gasteiger partial charge >= 0.3 is 0 Å². The summed E-state index contributed by atoms with van der Waals surface area (Å²) in [5, 5.41) is 0. The van der Waals surface area contributed by atoms with Gasteiger partial charge in [0.1, 0.15) is 40.2 Å². The van der Waals surface area contributed by atoms with E-state index in [0.29, 0.717) is 28.6 Å². The lowest BCUT2D eigenvalue weighted by Gasteiger charge is -2.30. The first-order valence-corrected chi connectivity index (χ1v) is 19.2. The van der Waals surface area contributed by atoms with Gasteiger partial charge in [-0.1, -0.05) is 97.1 Å². The number of pyridine rings is 3. The van der Waals surface area contributed by atoms with Crippen LogP contribution >= 0.6 is 0 Å². The molecule has 0 saturated heterocycles. The molecule has 59 heavy (non-hydrogen) atoms. The van der Waals surface area contributed by atoms with Gasteiger partial charge in [-0.25, -0.2) is 13.2 Å². The summed E-state index contributed by atoms with van der Waals surface area (Å²) in [7, 11) is 0. The van der Waals surface area contributed by atoms with E-state index in [9.17, 15) is 13.2 Å². The lowest BCUT2D eigenvalue weighted by atomic mass is 9.93. The Balaban J connectivity index is 1.14. The Bertz CT molecular complexity index is 2580. The van der Waals surface area contributed by atoms with Crippen LogP contribution in [0.1, 0.15) is 38.8 Å². The third-order valence-electron chi connectivity index (χ3n) is 10.3. The van der Waals surface area contributed by atoms with E-state index < -0.39 is 11.2 Å². The normalized spacial score (nSPS) is 11.6. The maximum Gasteiger partial charge on any atom is 0.141 e. The van der Waals surface area contributed by atoms with E-state index in [1.54, 1.807) is 18.2 Å². The van der Waals surface area contributed by atoms with Crippen LogP contribution in [0, 0.1) is 17.5 Å². The van der Waals surface area contributed by atoms with Crippen molar-refractivity contribution >= 4 is 0 Å². The molecule has 5 aromatic carbocycles. The molecule has 0 spiro atoms. The molecule has 3 aromatic heterocycles. The molecular formula is C51H40F3N3O2. The van der Waals surface area contributed by atoms with Crippen LogP contribution in [0.3, 0.4) is 0 Å². The molecule has 0 unspecified atom stereocenters. The second kappa shape index (κ2) is 16.1. The summed E-state index contributed by atoms with van der Waals surface area (Å²) in [5.41, 5.74) is 8.83. The summed E-state index contributed by atoms with van der Waals surface area (Å²) in [6.07, 6.45) is 3.64. The molecule has 0 amide bonds. The monoisotopic (exact) mass is 783 g/mol. The summed E-state index contributed by atoms with van der Waals surface area (Å²) in [6.45, 7) is 8.05. The van der Waals surface area contributed by atoms with Crippen LogP contribution in [0.5, 0.6) is 11.5 Å². The second-order valence-corrected chi connectivity index (χ2v) is 15.3. The van der Waals surface area contributed by atoms with Gasteiger partial charge in [0, 0.05) is 22.8 Å². The van der Waals surface area contributed by atoms with Gasteiger partial charge in [-0.3, -0.25) is 15.0 Å². The summed E-state index contributed by atoms with van der Waals surface area (Å²) < 4.78 is 54.3. The van der Waals surface area contributed by atoms with Gasteiger partial charge < -0.3 is 9.47 Å². The highest BCUT2D eigenvalue weighted by atomic mass is 19.1. The molecule has 0 fully saturated rings. The summed E-state index contributed by atoms with van der Waals surface area (Å²) >= 11 is 0. The van der Waals surface area contributed by atoms with E-state index in [4.69, 9.17) is 9.47 Å². The Morgan fingerprint density at radius 2 is 0.712 bits per heavy atom. The van der Waals surface area contributed by atoms with Crippen LogP contribution in [0.2, 0.25) is 0 Å². The van der Waals surface area contributed by atoms with Crippen molar-refractivity contribution in [2.45, 2.75) is 38.9 Å². The number of benzene rings is 5. The Morgan fingerprint density at radius 1 is 0.373 bits per heavy atom. The minimum Gasteiger partial charge on any atom is -0.483 e. The third-order valence-corrected chi connectivity index (χ3v) is 10.3. The largest absolute Gasteiger partial charge is 0.483 e. The van der Waals surface area contributed by atoms with Gasteiger partial charge in [-0.05, 0) is 110 Å². The van der Waals surface area contributed by atoms with Crippen LogP contribution < -0.4 is 9.47 Å². The molecule has 8 rings (SSSR count). The predicted octanol–water partition coefficient (Wildman–Crippen LogP) is 13.3. The standard InChI is InChI=1S/C51H40F3N3O2/c1-50(2,38-17-13-35(14-18-38)48-25-22-41(53)31-56-48)58-43-27-37(46-8-6-5-7-45(46)33-9-11-34(12-10-33)47-24-21-40(52)30-55-47)28-44(29-43)59-51(3,4)39-19-15-36(16-20-39)49-26-23-42(54)32-57-49/h5-32H,1-4H3. The Kier molecular flexibility index (Phi) is 10.6. The summed E-state index contributed by atoms with van der Waals surface area (Å²) in [6, 6.07) is 47.2. The summed E-state index contributed by atoms with van der Waals surface area (Å²) in [5.74, 6) is 0.0632. The van der Waals surface area contributed by atoms with E-state index in [1.165, 1.54) is 36.8 Å². The first-order chi connectivity index (χ1) is 28.4. The van der Waals surface area contributed by atoms with E-state index in [2.05, 4.69) is 27.1 Å². The quantitative estimate of drug-likeness (QED) is 0.131. The van der Waals surface area contributed by atoms with Gasteiger partial charge in [-0.15, -0.1) is 0 Å². The number of halogens is 3. The Hall–Kier alpha value is -7.06. The van der Waals surface area contributed by atoms with Gasteiger partial charge in [0.15, 0.2) is 0 Å². The van der Waals surface area contributed by atoms with Crippen molar-refractivity contribution in [1.29, 1.82) is 0 Å². The number of hydrogen-bond donors (Lipinski definition) is 0. The molecule has 0 bridgehead atoms. The van der Waals surface area contributed by atoms with E-state index in [1.807, 2.05) is 131 Å². The average Bonchev–Trinajstić information content (AvgIpc) is 3.24. The topological polar surface area (TPSA) is 57.1 Å². The average molecular weight is 784 g/mol. The van der Waals surface area contributed by atoms with Crippen LogP contribution in [-0.4, -0.2) is 15.0 Å². The zero-order valence-electron chi connectivity index (χ0n) is 33.0. The number of rotatable bonds is 11. The molecule has 0 radical (unpaired) electrons. The highest BCUT2D eigenvalue weighted by Gasteiger charge is 2.27. The zero-order valence-corrected chi connectivity index (χ0v) is 33.0. The van der Waals surface area contributed by atoms with Crippen molar-refractivity contribution in [1.82, 2.24) is 15.0 Å². The molecule has 0 atom stereocenters. The Morgan fingerprint density at radius 3 is 1.07 bits per heavy atom. The first kappa shape index (κ1) is 38.8. The lowest BCUT2D eigenvalue weighted by molar-refractivity contribution is 0.0992. The fourth-order valence-electron chi connectivity index (χ4n) is 7.08. The van der Waals surface area contributed by atoms with E-state index in [0.717, 1.165) is 50.1 Å². The van der Waals surface area contributed by atoms with Crippen molar-refractivity contribution < 1.29 is 22.6 Å². The lowest BCUT2D eigenvalue weighted by Crippen LogP contribution is -2.26. The number of nitrogens with zero attached hydrogens (tertiary/aromatic N) is 3. The molecule has 0 saturated carbocycles. The molecule has 292 valence electrons. The minimum absolute atomic E-state index is 0.379. The zero-order chi connectivity index (χ0) is 41.1. The first-order valence-electron chi connectivity index (χ1n) is 19.2. The molecule has 0 N–H and O–H groups in total. The highest BCUT2D eigenvalue weighted by molar-refractivity contribution is 5.85. The highest BCUT2D eigenvalue weighted by Crippen LogP contribution is 2.41. The van der Waals surface area contributed by atoms with Crippen LogP contribution in [0.4, 0.5) is 13.2 Å². The van der Waals surface area contributed by atoms with Gasteiger partial charge in [0.25, 0.3) is 0 Å². The fraction of sp³-hybridized carbons (Fsp3) is 0.118. The van der Waals surface area contributed by atoms with Crippen molar-refractivity contribution in [3.63, 3.8) is 0 Å². The van der Waals surface area contributed by atoms with Crippen molar-refractivity contribution in [3.05, 3.63) is 199 Å². The SMILES string of the molecule is CC(C)(Oc1cc(OC(C)(C)c2ccc(-c3ccc(F)cn3)cc2)cc(-c2ccccc2-c2ccc(-c3ccc(F)cn3)cc2)c1)c1ccc(-c2ccc(F)cn2)cc1. The molecule has 8 heteroatoms. The molecule has 0 aliphatic rings. The Labute approximate surface area is 341 Å².